The van der Waals surface area contributed by atoms with E-state index < -0.39 is 0 Å². The first-order valence-corrected chi connectivity index (χ1v) is 7.64. The van der Waals surface area contributed by atoms with Crippen LogP contribution in [0, 0.1) is 5.41 Å². The van der Waals surface area contributed by atoms with Crippen LogP contribution in [-0.4, -0.2) is 32.2 Å². The number of rotatable bonds is 8. The summed E-state index contributed by atoms with van der Waals surface area (Å²) in [5, 5.41) is 3.11. The highest BCUT2D eigenvalue weighted by Crippen LogP contribution is 2.38. The number of amides is 1. The molecule has 1 aliphatic carbocycles. The first-order chi connectivity index (χ1) is 9.15. The van der Waals surface area contributed by atoms with Crippen LogP contribution in [0.25, 0.3) is 0 Å². The number of nitrogens with one attached hydrogen (secondary N) is 1. The van der Waals surface area contributed by atoms with Crippen molar-refractivity contribution in [1.82, 2.24) is 5.32 Å². The first kappa shape index (κ1) is 16.4. The number of ether oxygens (including phenoxy) is 1. The van der Waals surface area contributed by atoms with E-state index in [2.05, 4.69) is 12.2 Å². The van der Waals surface area contributed by atoms with Gasteiger partial charge < -0.3 is 15.8 Å². The van der Waals surface area contributed by atoms with Crippen LogP contribution in [0.15, 0.2) is 0 Å². The van der Waals surface area contributed by atoms with Gasteiger partial charge >= 0.3 is 0 Å². The highest BCUT2D eigenvalue weighted by Gasteiger charge is 2.33. The Labute approximate surface area is 117 Å². The molecule has 1 atom stereocenters. The Morgan fingerprint density at radius 3 is 2.58 bits per heavy atom. The Hall–Kier alpha value is -0.610. The zero-order chi connectivity index (χ0) is 14.1. The average molecular weight is 270 g/mol. The molecule has 0 aliphatic heterocycles. The molecule has 0 aromatic rings. The van der Waals surface area contributed by atoms with E-state index in [4.69, 9.17) is 10.5 Å². The molecule has 3 N–H and O–H groups in total. The predicted octanol–water partition coefficient (Wildman–Crippen LogP) is 2.22. The molecule has 0 heterocycles. The second kappa shape index (κ2) is 8.54. The van der Waals surface area contributed by atoms with Gasteiger partial charge in [-0.25, -0.2) is 0 Å². The average Bonchev–Trinajstić information content (AvgIpc) is 2.40. The Morgan fingerprint density at radius 2 is 2.05 bits per heavy atom. The lowest BCUT2D eigenvalue weighted by Crippen LogP contribution is -2.43. The lowest BCUT2D eigenvalue weighted by atomic mass is 9.71. The molecule has 1 fully saturated rings. The molecule has 0 aromatic carbocycles. The molecule has 0 saturated heterocycles. The van der Waals surface area contributed by atoms with Gasteiger partial charge in [-0.1, -0.05) is 32.6 Å². The van der Waals surface area contributed by atoms with Crippen molar-refractivity contribution >= 4 is 5.91 Å². The molecular weight excluding hydrogens is 240 g/mol. The van der Waals surface area contributed by atoms with Crippen LogP contribution in [0.4, 0.5) is 0 Å². The molecule has 1 saturated carbocycles. The van der Waals surface area contributed by atoms with E-state index in [9.17, 15) is 4.79 Å². The number of nitrogens with two attached hydrogens (primary N) is 1. The monoisotopic (exact) mass is 270 g/mol. The number of carbonyl (C=O) groups excluding carboxylic acids is 1. The van der Waals surface area contributed by atoms with Crippen LogP contribution in [0.1, 0.15) is 58.3 Å². The Balaban J connectivity index is 2.47. The van der Waals surface area contributed by atoms with Gasteiger partial charge in [0.05, 0.1) is 12.6 Å². The third-order valence-corrected chi connectivity index (χ3v) is 4.25. The molecule has 19 heavy (non-hydrogen) atoms. The summed E-state index contributed by atoms with van der Waals surface area (Å²) in [5.74, 6) is 0.142. The maximum Gasteiger partial charge on any atom is 0.220 e. The first-order valence-electron chi connectivity index (χ1n) is 7.64. The summed E-state index contributed by atoms with van der Waals surface area (Å²) in [4.78, 5) is 12.2. The molecule has 1 amide bonds. The molecule has 1 aliphatic rings. The van der Waals surface area contributed by atoms with E-state index in [1.165, 1.54) is 19.3 Å². The number of methoxy groups -OCH3 is 1. The third kappa shape index (κ3) is 5.49. The molecule has 4 heteroatoms. The summed E-state index contributed by atoms with van der Waals surface area (Å²) in [7, 11) is 1.68. The highest BCUT2D eigenvalue weighted by atomic mass is 16.5. The largest absolute Gasteiger partial charge is 0.383 e. The van der Waals surface area contributed by atoms with Crippen LogP contribution in [0.2, 0.25) is 0 Å². The second-order valence-electron chi connectivity index (χ2n) is 5.95. The van der Waals surface area contributed by atoms with Crippen molar-refractivity contribution in [2.24, 2.45) is 11.1 Å². The lowest BCUT2D eigenvalue weighted by Gasteiger charge is -2.36. The molecule has 4 nitrogen and oxygen atoms in total. The zero-order valence-electron chi connectivity index (χ0n) is 12.5. The molecule has 1 rings (SSSR count). The van der Waals surface area contributed by atoms with Gasteiger partial charge in [0.15, 0.2) is 0 Å². The molecule has 0 radical (unpaired) electrons. The maximum absolute atomic E-state index is 12.2. The summed E-state index contributed by atoms with van der Waals surface area (Å²) in [6.07, 6.45) is 8.49. The van der Waals surface area contributed by atoms with E-state index in [1.54, 1.807) is 7.11 Å². The lowest BCUT2D eigenvalue weighted by molar-refractivity contribution is -0.125. The Kier molecular flexibility index (Phi) is 7.39. The molecular formula is C15H30N2O2. The van der Waals surface area contributed by atoms with Gasteiger partial charge in [-0.15, -0.1) is 0 Å². The zero-order valence-corrected chi connectivity index (χ0v) is 12.5. The molecule has 112 valence electrons. The Morgan fingerprint density at radius 1 is 1.37 bits per heavy atom. The highest BCUT2D eigenvalue weighted by molar-refractivity contribution is 5.77. The quantitative estimate of drug-likeness (QED) is 0.711. The fourth-order valence-electron chi connectivity index (χ4n) is 3.12. The normalized spacial score (nSPS) is 19.9. The van der Waals surface area contributed by atoms with E-state index in [1.807, 2.05) is 0 Å². The number of hydrogen-bond donors (Lipinski definition) is 2. The minimum absolute atomic E-state index is 0.0478. The van der Waals surface area contributed by atoms with Gasteiger partial charge in [-0.2, -0.15) is 0 Å². The van der Waals surface area contributed by atoms with Gasteiger partial charge in [0.2, 0.25) is 5.91 Å². The maximum atomic E-state index is 12.2. The van der Waals surface area contributed by atoms with Crippen LogP contribution in [-0.2, 0) is 9.53 Å². The van der Waals surface area contributed by atoms with Crippen molar-refractivity contribution < 1.29 is 9.53 Å². The topological polar surface area (TPSA) is 64.3 Å². The molecule has 1 unspecified atom stereocenters. The van der Waals surface area contributed by atoms with Crippen molar-refractivity contribution in [2.75, 3.05) is 20.3 Å². The smallest absolute Gasteiger partial charge is 0.220 e. The second-order valence-corrected chi connectivity index (χ2v) is 5.95. The summed E-state index contributed by atoms with van der Waals surface area (Å²) >= 11 is 0. The van der Waals surface area contributed by atoms with Gasteiger partial charge in [0, 0.05) is 13.5 Å². The van der Waals surface area contributed by atoms with Gasteiger partial charge in [0.1, 0.15) is 0 Å². The van der Waals surface area contributed by atoms with E-state index in [-0.39, 0.29) is 17.4 Å². The van der Waals surface area contributed by atoms with Crippen molar-refractivity contribution in [3.8, 4) is 0 Å². The van der Waals surface area contributed by atoms with E-state index >= 15 is 0 Å². The summed E-state index contributed by atoms with van der Waals surface area (Å²) < 4.78 is 5.16. The minimum Gasteiger partial charge on any atom is -0.383 e. The molecule has 0 spiro atoms. The molecule has 0 bridgehead atoms. The summed E-state index contributed by atoms with van der Waals surface area (Å²) in [6.45, 7) is 3.34. The number of hydrogen-bond acceptors (Lipinski definition) is 3. The van der Waals surface area contributed by atoms with Crippen molar-refractivity contribution in [2.45, 2.75) is 64.3 Å². The SMILES string of the molecule is CCCC(COC)NC(=O)CC1(CN)CCCCC1. The predicted molar refractivity (Wildman–Crippen MR) is 77.9 cm³/mol. The van der Waals surface area contributed by atoms with Crippen LogP contribution in [0.5, 0.6) is 0 Å². The van der Waals surface area contributed by atoms with Crippen molar-refractivity contribution in [3.05, 3.63) is 0 Å². The van der Waals surface area contributed by atoms with Crippen LogP contribution >= 0.6 is 0 Å². The van der Waals surface area contributed by atoms with Gasteiger partial charge in [-0.05, 0) is 31.2 Å². The van der Waals surface area contributed by atoms with E-state index in [0.29, 0.717) is 19.6 Å². The van der Waals surface area contributed by atoms with E-state index in [0.717, 1.165) is 25.7 Å². The van der Waals surface area contributed by atoms with Crippen LogP contribution < -0.4 is 11.1 Å². The van der Waals surface area contributed by atoms with Gasteiger partial charge in [0.25, 0.3) is 0 Å². The minimum atomic E-state index is 0.0478. The fourth-order valence-corrected chi connectivity index (χ4v) is 3.12. The summed E-state index contributed by atoms with van der Waals surface area (Å²) in [5.41, 5.74) is 5.98. The van der Waals surface area contributed by atoms with Crippen molar-refractivity contribution in [3.63, 3.8) is 0 Å². The number of carbonyl (C=O) groups is 1. The molecule has 0 aromatic heterocycles. The third-order valence-electron chi connectivity index (χ3n) is 4.25. The standard InChI is InChI=1S/C15H30N2O2/c1-3-7-13(11-19-2)17-14(18)10-15(12-16)8-5-4-6-9-15/h13H,3-12,16H2,1-2H3,(H,17,18). The van der Waals surface area contributed by atoms with Crippen LogP contribution in [0.3, 0.4) is 0 Å². The van der Waals surface area contributed by atoms with Crippen molar-refractivity contribution in [1.29, 1.82) is 0 Å². The Bertz CT molecular complexity index is 257. The fraction of sp³-hybridized carbons (Fsp3) is 0.933. The summed E-state index contributed by atoms with van der Waals surface area (Å²) in [6, 6.07) is 0.140. The van der Waals surface area contributed by atoms with Gasteiger partial charge in [-0.3, -0.25) is 4.79 Å².